The van der Waals surface area contributed by atoms with Crippen LogP contribution in [0.1, 0.15) is 5.56 Å². The van der Waals surface area contributed by atoms with E-state index in [1.54, 1.807) is 18.5 Å². The predicted octanol–water partition coefficient (Wildman–Crippen LogP) is 1.31. The zero-order valence-corrected chi connectivity index (χ0v) is 5.28. The van der Waals surface area contributed by atoms with Crippen molar-refractivity contribution in [1.29, 1.82) is 5.26 Å². The molecular weight excluding hydrogens is 124 g/mol. The molecule has 0 bridgehead atoms. The van der Waals surface area contributed by atoms with E-state index >= 15 is 0 Å². The zero-order valence-electron chi connectivity index (χ0n) is 5.28. The van der Waals surface area contributed by atoms with Crippen LogP contribution in [0.2, 0.25) is 0 Å². The average Bonchev–Trinajstić information content (AvgIpc) is 2.03. The molecule has 0 amide bonds. The second-order valence-corrected chi connectivity index (χ2v) is 1.66. The minimum absolute atomic E-state index is 0.823. The van der Waals surface area contributed by atoms with Crippen LogP contribution < -0.4 is 0 Å². The highest BCUT2D eigenvalue weighted by atomic mass is 14.6. The lowest BCUT2D eigenvalue weighted by atomic mass is 10.3. The summed E-state index contributed by atoms with van der Waals surface area (Å²) in [6.45, 7) is 0. The molecule has 0 saturated carbocycles. The van der Waals surface area contributed by atoms with Crippen LogP contribution in [0.25, 0.3) is 0 Å². The summed E-state index contributed by atoms with van der Waals surface area (Å²) in [7, 11) is 0. The minimum Gasteiger partial charge on any atom is -0.264 e. The average molecular weight is 129 g/mol. The van der Waals surface area contributed by atoms with E-state index in [0.29, 0.717) is 0 Å². The molecule has 0 atom stereocenters. The molecule has 47 valence electrons. The summed E-state index contributed by atoms with van der Waals surface area (Å²) in [4.78, 5) is 3.85. The van der Waals surface area contributed by atoms with Crippen molar-refractivity contribution in [2.45, 2.75) is 0 Å². The molecule has 0 aliphatic heterocycles. The van der Waals surface area contributed by atoms with E-state index < -0.39 is 0 Å². The fourth-order valence-corrected chi connectivity index (χ4v) is 0.564. The van der Waals surface area contributed by atoms with Crippen LogP contribution in [0, 0.1) is 17.4 Å². The summed E-state index contributed by atoms with van der Waals surface area (Å²) >= 11 is 0. The second kappa shape index (κ2) is 3.41. The molecule has 1 aromatic heterocycles. The van der Waals surface area contributed by atoms with Crippen LogP contribution in [0.15, 0.2) is 30.6 Å². The van der Waals surface area contributed by atoms with Crippen molar-refractivity contribution in [2.24, 2.45) is 0 Å². The number of pyridine rings is 1. The lowest BCUT2D eigenvalue weighted by Crippen LogP contribution is -1.73. The maximum atomic E-state index is 8.14. The first-order chi connectivity index (χ1) is 4.93. The maximum absolute atomic E-state index is 8.14. The number of hydrogen-bond donors (Lipinski definition) is 0. The van der Waals surface area contributed by atoms with Crippen LogP contribution in [-0.2, 0) is 0 Å². The molecule has 0 spiro atoms. The summed E-state index contributed by atoms with van der Waals surface area (Å²) in [5, 5.41) is 8.14. The lowest BCUT2D eigenvalue weighted by Gasteiger charge is -1.84. The summed E-state index contributed by atoms with van der Waals surface area (Å²) in [6.07, 6.45) is 7.37. The van der Waals surface area contributed by atoms with Crippen molar-refractivity contribution in [3.63, 3.8) is 0 Å². The Bertz CT molecular complexity index is 256. The first-order valence-corrected chi connectivity index (χ1v) is 2.81. The van der Waals surface area contributed by atoms with Crippen molar-refractivity contribution >= 4 is 0 Å². The molecule has 2 heteroatoms. The van der Waals surface area contributed by atoms with Gasteiger partial charge in [0.15, 0.2) is 0 Å². The molecule has 1 rings (SSSR count). The standard InChI is InChI=1S/C8H5N2/c9-5-1-3-8-4-2-6-10-7-8/h1-2,4,6-7H. The Balaban J connectivity index is 2.79. The van der Waals surface area contributed by atoms with E-state index in [-0.39, 0.29) is 0 Å². The molecule has 1 heterocycles. The Labute approximate surface area is 59.4 Å². The normalized spacial score (nSPS) is 9.50. The Morgan fingerprint density at radius 1 is 1.60 bits per heavy atom. The molecule has 0 aliphatic rings. The number of hydrogen-bond acceptors (Lipinski definition) is 2. The van der Waals surface area contributed by atoms with E-state index in [4.69, 9.17) is 5.26 Å². The molecule has 10 heavy (non-hydrogen) atoms. The molecular formula is C8H5N2. The summed E-state index contributed by atoms with van der Waals surface area (Å²) in [5.41, 5.74) is 0.823. The smallest absolute Gasteiger partial charge is 0.0918 e. The molecule has 1 aromatic rings. The third-order valence-corrected chi connectivity index (χ3v) is 0.965. The van der Waals surface area contributed by atoms with Crippen LogP contribution in [-0.4, -0.2) is 4.98 Å². The van der Waals surface area contributed by atoms with Gasteiger partial charge in [-0.2, -0.15) is 5.26 Å². The van der Waals surface area contributed by atoms with Gasteiger partial charge in [0.05, 0.1) is 6.07 Å². The Morgan fingerprint density at radius 3 is 3.10 bits per heavy atom. The van der Waals surface area contributed by atoms with Crippen molar-refractivity contribution in [3.8, 4) is 6.07 Å². The van der Waals surface area contributed by atoms with Gasteiger partial charge in [-0.3, -0.25) is 4.98 Å². The third-order valence-electron chi connectivity index (χ3n) is 0.965. The molecule has 0 aliphatic carbocycles. The van der Waals surface area contributed by atoms with Crippen LogP contribution in [0.3, 0.4) is 0 Å². The number of rotatable bonds is 1. The molecule has 2 nitrogen and oxygen atoms in total. The predicted molar refractivity (Wildman–Crippen MR) is 36.8 cm³/mol. The van der Waals surface area contributed by atoms with Crippen molar-refractivity contribution in [3.05, 3.63) is 42.2 Å². The van der Waals surface area contributed by atoms with Gasteiger partial charge in [0, 0.05) is 30.1 Å². The Hall–Kier alpha value is -1.62. The maximum Gasteiger partial charge on any atom is 0.0918 e. The highest BCUT2D eigenvalue weighted by molar-refractivity contribution is 5.20. The van der Waals surface area contributed by atoms with Gasteiger partial charge in [-0.1, -0.05) is 6.07 Å². The fraction of sp³-hybridized carbons (Fsp3) is 0. The molecule has 0 aromatic carbocycles. The van der Waals surface area contributed by atoms with Gasteiger partial charge in [-0.05, 0) is 6.07 Å². The molecule has 0 N–H and O–H groups in total. The monoisotopic (exact) mass is 129 g/mol. The van der Waals surface area contributed by atoms with Crippen molar-refractivity contribution < 1.29 is 0 Å². The molecule has 0 fully saturated rings. The quantitative estimate of drug-likeness (QED) is 0.536. The van der Waals surface area contributed by atoms with Crippen molar-refractivity contribution in [2.75, 3.05) is 0 Å². The van der Waals surface area contributed by atoms with Crippen LogP contribution >= 0.6 is 0 Å². The van der Waals surface area contributed by atoms with Gasteiger partial charge in [0.2, 0.25) is 0 Å². The van der Waals surface area contributed by atoms with Gasteiger partial charge < -0.3 is 0 Å². The number of nitriles is 1. The molecule has 1 radical (unpaired) electrons. The fourth-order valence-electron chi connectivity index (χ4n) is 0.564. The third kappa shape index (κ3) is 1.71. The van der Waals surface area contributed by atoms with Gasteiger partial charge in [-0.15, -0.1) is 0 Å². The van der Waals surface area contributed by atoms with Crippen LogP contribution in [0.4, 0.5) is 0 Å². The van der Waals surface area contributed by atoms with Crippen molar-refractivity contribution in [1.82, 2.24) is 4.98 Å². The van der Waals surface area contributed by atoms with E-state index in [1.807, 2.05) is 12.1 Å². The first kappa shape index (κ1) is 6.50. The Morgan fingerprint density at radius 2 is 2.50 bits per heavy atom. The first-order valence-electron chi connectivity index (χ1n) is 2.81. The molecule has 0 unspecified atom stereocenters. The lowest BCUT2D eigenvalue weighted by molar-refractivity contribution is 1.30. The minimum atomic E-state index is 0.823. The number of allylic oxidation sites excluding steroid dienone is 1. The summed E-state index contributed by atoms with van der Waals surface area (Å²) in [6, 6.07) is 5.49. The zero-order chi connectivity index (χ0) is 7.23. The van der Waals surface area contributed by atoms with Crippen LogP contribution in [0.5, 0.6) is 0 Å². The molecule has 0 saturated heterocycles. The van der Waals surface area contributed by atoms with E-state index in [1.165, 1.54) is 6.08 Å². The number of nitrogens with zero attached hydrogens (tertiary/aromatic N) is 2. The van der Waals surface area contributed by atoms with Gasteiger partial charge in [0.25, 0.3) is 0 Å². The van der Waals surface area contributed by atoms with E-state index in [9.17, 15) is 0 Å². The van der Waals surface area contributed by atoms with Gasteiger partial charge in [0.1, 0.15) is 0 Å². The second-order valence-electron chi connectivity index (χ2n) is 1.66. The van der Waals surface area contributed by atoms with E-state index in [2.05, 4.69) is 11.1 Å². The van der Waals surface area contributed by atoms with E-state index in [0.717, 1.165) is 5.56 Å². The summed E-state index contributed by atoms with van der Waals surface area (Å²) < 4.78 is 0. The number of aromatic nitrogens is 1. The summed E-state index contributed by atoms with van der Waals surface area (Å²) in [5.74, 6) is 0. The SMILES string of the molecule is N#C/C=[C]/c1cccnc1. The largest absolute Gasteiger partial charge is 0.264 e. The van der Waals surface area contributed by atoms with Gasteiger partial charge in [-0.25, -0.2) is 0 Å². The Kier molecular flexibility index (Phi) is 2.22. The highest BCUT2D eigenvalue weighted by Gasteiger charge is 1.81. The van der Waals surface area contributed by atoms with Gasteiger partial charge >= 0.3 is 0 Å². The highest BCUT2D eigenvalue weighted by Crippen LogP contribution is 1.93. The topological polar surface area (TPSA) is 36.7 Å².